The van der Waals surface area contributed by atoms with Crippen LogP contribution in [0.2, 0.25) is 0 Å². The molecule has 28 heavy (non-hydrogen) atoms. The zero-order valence-corrected chi connectivity index (χ0v) is 16.6. The summed E-state index contributed by atoms with van der Waals surface area (Å²) in [4.78, 5) is 21.2. The predicted octanol–water partition coefficient (Wildman–Crippen LogP) is 2.76. The normalized spacial score (nSPS) is 17.9. The van der Waals surface area contributed by atoms with Crippen molar-refractivity contribution in [2.45, 2.75) is 31.8 Å². The van der Waals surface area contributed by atoms with Crippen molar-refractivity contribution in [1.82, 2.24) is 14.8 Å². The molecule has 1 aromatic carbocycles. The number of aromatic nitrogens is 1. The molecule has 3 heterocycles. The minimum absolute atomic E-state index is 0.113. The van der Waals surface area contributed by atoms with Crippen molar-refractivity contribution in [2.24, 2.45) is 0 Å². The second-order valence-electron chi connectivity index (χ2n) is 7.46. The summed E-state index contributed by atoms with van der Waals surface area (Å²) in [7, 11) is 3.36. The fourth-order valence-corrected chi connectivity index (χ4v) is 4.33. The summed E-state index contributed by atoms with van der Waals surface area (Å²) in [5, 5.41) is 0. The first-order chi connectivity index (χ1) is 13.7. The molecule has 0 unspecified atom stereocenters. The van der Waals surface area contributed by atoms with E-state index in [4.69, 9.17) is 9.47 Å². The first kappa shape index (κ1) is 18.7. The van der Waals surface area contributed by atoms with Crippen LogP contribution in [0.3, 0.4) is 0 Å². The van der Waals surface area contributed by atoms with Gasteiger partial charge in [-0.15, -0.1) is 0 Å². The summed E-state index contributed by atoms with van der Waals surface area (Å²) in [5.41, 5.74) is 3.39. The smallest absolute Gasteiger partial charge is 0.253 e. The molecule has 0 radical (unpaired) electrons. The van der Waals surface area contributed by atoms with E-state index in [1.807, 2.05) is 4.90 Å². The zero-order valence-electron chi connectivity index (χ0n) is 16.6. The molecule has 1 amide bonds. The molecule has 2 aromatic rings. The summed E-state index contributed by atoms with van der Waals surface area (Å²) < 4.78 is 10.9. The molecule has 0 bridgehead atoms. The van der Waals surface area contributed by atoms with Gasteiger partial charge in [0.1, 0.15) is 0 Å². The minimum Gasteiger partial charge on any atom is -0.493 e. The van der Waals surface area contributed by atoms with Crippen molar-refractivity contribution >= 4 is 5.91 Å². The summed E-state index contributed by atoms with van der Waals surface area (Å²) in [6.45, 7) is 3.59. The van der Waals surface area contributed by atoms with Crippen LogP contribution in [0.5, 0.6) is 11.5 Å². The largest absolute Gasteiger partial charge is 0.493 e. The van der Waals surface area contributed by atoms with Gasteiger partial charge in [-0.25, -0.2) is 0 Å². The van der Waals surface area contributed by atoms with Crippen molar-refractivity contribution in [3.63, 3.8) is 0 Å². The highest BCUT2D eigenvalue weighted by Crippen LogP contribution is 2.34. The highest BCUT2D eigenvalue weighted by molar-refractivity contribution is 5.94. The first-order valence-electron chi connectivity index (χ1n) is 9.86. The maximum Gasteiger partial charge on any atom is 0.253 e. The number of methoxy groups -OCH3 is 2. The Kier molecular flexibility index (Phi) is 5.48. The van der Waals surface area contributed by atoms with Crippen LogP contribution in [0, 0.1) is 0 Å². The van der Waals surface area contributed by atoms with Crippen LogP contribution in [0.4, 0.5) is 0 Å². The summed E-state index contributed by atoms with van der Waals surface area (Å²) in [6, 6.07) is 8.32. The lowest BCUT2D eigenvalue weighted by atomic mass is 9.94. The number of pyridine rings is 1. The first-order valence-corrected chi connectivity index (χ1v) is 9.86. The molecular weight excluding hydrogens is 354 g/mol. The Bertz CT molecular complexity index is 832. The molecule has 1 aromatic heterocycles. The van der Waals surface area contributed by atoms with Crippen LogP contribution in [-0.4, -0.2) is 60.6 Å². The van der Waals surface area contributed by atoms with Crippen LogP contribution >= 0.6 is 0 Å². The van der Waals surface area contributed by atoms with E-state index in [-0.39, 0.29) is 5.91 Å². The van der Waals surface area contributed by atoms with Crippen LogP contribution in [0.1, 0.15) is 34.3 Å². The van der Waals surface area contributed by atoms with Crippen molar-refractivity contribution < 1.29 is 14.3 Å². The number of hydrogen-bond acceptors (Lipinski definition) is 5. The fraction of sp³-hybridized carbons (Fsp3) is 0.455. The maximum absolute atomic E-state index is 12.6. The Hall–Kier alpha value is -2.60. The predicted molar refractivity (Wildman–Crippen MR) is 107 cm³/mol. The molecule has 1 saturated heterocycles. The van der Waals surface area contributed by atoms with Gasteiger partial charge in [0.2, 0.25) is 0 Å². The molecule has 2 aliphatic heterocycles. The molecule has 0 spiro atoms. The van der Waals surface area contributed by atoms with Crippen LogP contribution < -0.4 is 9.47 Å². The van der Waals surface area contributed by atoms with Gasteiger partial charge in [-0.2, -0.15) is 0 Å². The van der Waals surface area contributed by atoms with E-state index < -0.39 is 0 Å². The molecular formula is C22H27N3O3. The lowest BCUT2D eigenvalue weighted by Crippen LogP contribution is -2.48. The van der Waals surface area contributed by atoms with Crippen LogP contribution in [0.15, 0.2) is 36.7 Å². The Labute approximate surface area is 166 Å². The topological polar surface area (TPSA) is 54.9 Å². The molecule has 148 valence electrons. The van der Waals surface area contributed by atoms with Gasteiger partial charge >= 0.3 is 0 Å². The van der Waals surface area contributed by atoms with Gasteiger partial charge in [-0.1, -0.05) is 0 Å². The number of nitrogens with zero attached hydrogens (tertiary/aromatic N) is 3. The lowest BCUT2D eigenvalue weighted by molar-refractivity contribution is 0.0599. The third-order valence-electron chi connectivity index (χ3n) is 5.94. The van der Waals surface area contributed by atoms with Gasteiger partial charge < -0.3 is 14.4 Å². The highest BCUT2D eigenvalue weighted by atomic mass is 16.5. The van der Waals surface area contributed by atoms with Crippen molar-refractivity contribution in [2.75, 3.05) is 33.9 Å². The van der Waals surface area contributed by atoms with Crippen LogP contribution in [-0.2, 0) is 13.0 Å². The van der Waals surface area contributed by atoms with Gasteiger partial charge in [-0.3, -0.25) is 14.7 Å². The fourth-order valence-electron chi connectivity index (χ4n) is 4.33. The molecule has 0 aliphatic carbocycles. The molecule has 0 saturated carbocycles. The van der Waals surface area contributed by atoms with E-state index in [1.54, 1.807) is 38.7 Å². The Balaban J connectivity index is 1.39. The average molecular weight is 381 g/mol. The van der Waals surface area contributed by atoms with Gasteiger partial charge in [-0.05, 0) is 54.7 Å². The number of likely N-dealkylation sites (tertiary alicyclic amines) is 1. The van der Waals surface area contributed by atoms with Gasteiger partial charge in [0.15, 0.2) is 11.5 Å². The van der Waals surface area contributed by atoms with Crippen molar-refractivity contribution in [3.05, 3.63) is 53.3 Å². The number of benzene rings is 1. The molecule has 2 aliphatic rings. The number of amides is 1. The molecule has 1 fully saturated rings. The van der Waals surface area contributed by atoms with Crippen LogP contribution in [0.25, 0.3) is 0 Å². The van der Waals surface area contributed by atoms with Gasteiger partial charge in [0, 0.05) is 50.2 Å². The van der Waals surface area contributed by atoms with Gasteiger partial charge in [0.25, 0.3) is 5.91 Å². The summed E-state index contributed by atoms with van der Waals surface area (Å²) in [5.74, 6) is 1.71. The Morgan fingerprint density at radius 3 is 2.29 bits per heavy atom. The van der Waals surface area contributed by atoms with E-state index in [0.717, 1.165) is 62.5 Å². The number of piperidine rings is 1. The molecule has 4 rings (SSSR count). The van der Waals surface area contributed by atoms with E-state index in [1.165, 1.54) is 11.1 Å². The Morgan fingerprint density at radius 1 is 1.00 bits per heavy atom. The zero-order chi connectivity index (χ0) is 19.5. The monoisotopic (exact) mass is 381 g/mol. The third kappa shape index (κ3) is 3.69. The minimum atomic E-state index is 0.113. The van der Waals surface area contributed by atoms with Crippen molar-refractivity contribution in [1.29, 1.82) is 0 Å². The summed E-state index contributed by atoms with van der Waals surface area (Å²) >= 11 is 0. The molecule has 6 heteroatoms. The van der Waals surface area contributed by atoms with E-state index >= 15 is 0 Å². The second-order valence-corrected chi connectivity index (χ2v) is 7.46. The van der Waals surface area contributed by atoms with E-state index in [9.17, 15) is 4.79 Å². The molecule has 6 nitrogen and oxygen atoms in total. The van der Waals surface area contributed by atoms with Gasteiger partial charge in [0.05, 0.1) is 14.2 Å². The number of rotatable bonds is 4. The third-order valence-corrected chi connectivity index (χ3v) is 5.94. The average Bonchev–Trinajstić information content (AvgIpc) is 2.78. The lowest BCUT2D eigenvalue weighted by Gasteiger charge is -2.40. The summed E-state index contributed by atoms with van der Waals surface area (Å²) in [6.07, 6.45) is 6.40. The number of carbonyl (C=O) groups excluding carboxylic acids is 1. The standard InChI is InChI=1S/C22H27N3O3/c1-27-20-13-17-5-10-25(15-18(17)14-21(20)28-2)19-6-11-24(12-7-19)22(26)16-3-8-23-9-4-16/h3-4,8-9,13-14,19H,5-7,10-12,15H2,1-2H3. The number of hydrogen-bond donors (Lipinski definition) is 0. The number of fused-ring (bicyclic) bond motifs is 1. The maximum atomic E-state index is 12.6. The van der Waals surface area contributed by atoms with E-state index in [2.05, 4.69) is 22.0 Å². The second kappa shape index (κ2) is 8.19. The van der Waals surface area contributed by atoms with E-state index in [0.29, 0.717) is 6.04 Å². The number of ether oxygens (including phenoxy) is 2. The Morgan fingerprint density at radius 2 is 1.64 bits per heavy atom. The molecule has 0 atom stereocenters. The highest BCUT2D eigenvalue weighted by Gasteiger charge is 2.30. The SMILES string of the molecule is COc1cc2c(cc1OC)CN(C1CCN(C(=O)c3ccncc3)CC1)CC2. The number of carbonyl (C=O) groups is 1. The molecule has 0 N–H and O–H groups in total. The van der Waals surface area contributed by atoms with Crippen molar-refractivity contribution in [3.8, 4) is 11.5 Å². The quantitative estimate of drug-likeness (QED) is 0.815.